The fourth-order valence-electron chi connectivity index (χ4n) is 3.57. The van der Waals surface area contributed by atoms with Gasteiger partial charge in [0.1, 0.15) is 0 Å². The van der Waals surface area contributed by atoms with Crippen LogP contribution in [0.4, 0.5) is 0 Å². The van der Waals surface area contributed by atoms with Gasteiger partial charge in [0.2, 0.25) is 0 Å². The average molecular weight is 275 g/mol. The SMILES string of the molecule is CNC(Cc1cccc(C)c1)C1(OC)CCC(C)CC1. The zero-order valence-electron chi connectivity index (χ0n) is 13.4. The van der Waals surface area contributed by atoms with E-state index in [0.29, 0.717) is 6.04 Å². The molecule has 1 aromatic rings. The first kappa shape index (κ1) is 15.5. The van der Waals surface area contributed by atoms with Crippen LogP contribution in [0.15, 0.2) is 24.3 Å². The van der Waals surface area contributed by atoms with Crippen molar-refractivity contribution in [3.63, 3.8) is 0 Å². The fraction of sp³-hybridized carbons (Fsp3) is 0.667. The summed E-state index contributed by atoms with van der Waals surface area (Å²) in [5.41, 5.74) is 2.74. The van der Waals surface area contributed by atoms with Crippen LogP contribution in [0.2, 0.25) is 0 Å². The molecule has 0 aliphatic heterocycles. The highest BCUT2D eigenvalue weighted by molar-refractivity contribution is 5.23. The van der Waals surface area contributed by atoms with E-state index in [4.69, 9.17) is 4.74 Å². The van der Waals surface area contributed by atoms with Crippen molar-refractivity contribution in [3.8, 4) is 0 Å². The monoisotopic (exact) mass is 275 g/mol. The molecule has 1 aromatic carbocycles. The van der Waals surface area contributed by atoms with E-state index in [2.05, 4.69) is 50.5 Å². The molecule has 2 rings (SSSR count). The van der Waals surface area contributed by atoms with E-state index >= 15 is 0 Å². The highest BCUT2D eigenvalue weighted by Gasteiger charge is 2.40. The minimum Gasteiger partial charge on any atom is -0.377 e. The van der Waals surface area contributed by atoms with Crippen LogP contribution in [0.25, 0.3) is 0 Å². The summed E-state index contributed by atoms with van der Waals surface area (Å²) in [6.07, 6.45) is 5.93. The number of ether oxygens (including phenoxy) is 1. The lowest BCUT2D eigenvalue weighted by atomic mass is 9.74. The van der Waals surface area contributed by atoms with Crippen LogP contribution in [0.3, 0.4) is 0 Å². The van der Waals surface area contributed by atoms with Gasteiger partial charge in [-0.2, -0.15) is 0 Å². The molecule has 0 bridgehead atoms. The third-order valence-electron chi connectivity index (χ3n) is 5.03. The van der Waals surface area contributed by atoms with Gasteiger partial charge < -0.3 is 10.1 Å². The minimum atomic E-state index is 0.00497. The van der Waals surface area contributed by atoms with E-state index in [1.807, 2.05) is 7.11 Å². The second kappa shape index (κ2) is 6.73. The maximum atomic E-state index is 6.02. The number of methoxy groups -OCH3 is 1. The molecule has 1 N–H and O–H groups in total. The van der Waals surface area contributed by atoms with Crippen molar-refractivity contribution >= 4 is 0 Å². The first-order chi connectivity index (χ1) is 9.59. The highest BCUT2D eigenvalue weighted by Crippen LogP contribution is 2.37. The normalized spacial score (nSPS) is 28.3. The van der Waals surface area contributed by atoms with Gasteiger partial charge in [0.25, 0.3) is 0 Å². The minimum absolute atomic E-state index is 0.00497. The van der Waals surface area contributed by atoms with Crippen molar-refractivity contribution in [1.82, 2.24) is 5.32 Å². The molecule has 0 radical (unpaired) electrons. The molecule has 0 aromatic heterocycles. The number of likely N-dealkylation sites (N-methyl/N-ethyl adjacent to an activating group) is 1. The number of aryl methyl sites for hydroxylation is 1. The van der Waals surface area contributed by atoms with Crippen molar-refractivity contribution in [2.24, 2.45) is 5.92 Å². The Labute approximate surface area is 123 Å². The van der Waals surface area contributed by atoms with Gasteiger partial charge in [0.05, 0.1) is 5.60 Å². The van der Waals surface area contributed by atoms with Crippen LogP contribution in [0, 0.1) is 12.8 Å². The summed E-state index contributed by atoms with van der Waals surface area (Å²) in [7, 11) is 3.95. The third-order valence-corrected chi connectivity index (χ3v) is 5.03. The van der Waals surface area contributed by atoms with Gasteiger partial charge in [-0.15, -0.1) is 0 Å². The standard InChI is InChI=1S/C18H29NO/c1-14-8-10-18(20-4,11-9-14)17(19-3)13-16-7-5-6-15(2)12-16/h5-7,12,14,17,19H,8-11,13H2,1-4H3. The Bertz CT molecular complexity index is 421. The molecule has 1 fully saturated rings. The van der Waals surface area contributed by atoms with E-state index in [1.165, 1.54) is 36.8 Å². The summed E-state index contributed by atoms with van der Waals surface area (Å²) in [4.78, 5) is 0. The number of hydrogen-bond acceptors (Lipinski definition) is 2. The van der Waals surface area contributed by atoms with E-state index in [9.17, 15) is 0 Å². The molecule has 1 saturated carbocycles. The molecule has 112 valence electrons. The Balaban J connectivity index is 2.13. The first-order valence-electron chi connectivity index (χ1n) is 7.87. The predicted octanol–water partition coefficient (Wildman–Crippen LogP) is 3.72. The number of benzene rings is 1. The second-order valence-electron chi connectivity index (χ2n) is 6.49. The van der Waals surface area contributed by atoms with Crippen molar-refractivity contribution < 1.29 is 4.74 Å². The fourth-order valence-corrected chi connectivity index (χ4v) is 3.57. The van der Waals surface area contributed by atoms with E-state index < -0.39 is 0 Å². The smallest absolute Gasteiger partial charge is 0.0834 e. The molecule has 0 saturated heterocycles. The average Bonchev–Trinajstić information content (AvgIpc) is 2.46. The maximum Gasteiger partial charge on any atom is 0.0834 e. The molecule has 0 amide bonds. The zero-order chi connectivity index (χ0) is 14.6. The van der Waals surface area contributed by atoms with Gasteiger partial charge in [-0.05, 0) is 57.6 Å². The first-order valence-corrected chi connectivity index (χ1v) is 7.87. The largest absolute Gasteiger partial charge is 0.377 e. The Morgan fingerprint density at radius 3 is 2.60 bits per heavy atom. The molecule has 1 atom stereocenters. The maximum absolute atomic E-state index is 6.02. The second-order valence-corrected chi connectivity index (χ2v) is 6.49. The summed E-state index contributed by atoms with van der Waals surface area (Å²) in [5.74, 6) is 0.842. The van der Waals surface area contributed by atoms with Crippen molar-refractivity contribution in [2.45, 2.75) is 57.6 Å². The zero-order valence-corrected chi connectivity index (χ0v) is 13.4. The Morgan fingerprint density at radius 1 is 1.35 bits per heavy atom. The van der Waals surface area contributed by atoms with E-state index in [-0.39, 0.29) is 5.60 Å². The van der Waals surface area contributed by atoms with Crippen LogP contribution >= 0.6 is 0 Å². The van der Waals surface area contributed by atoms with Crippen LogP contribution < -0.4 is 5.32 Å². The molecule has 0 heterocycles. The van der Waals surface area contributed by atoms with Gasteiger partial charge in [0, 0.05) is 13.2 Å². The van der Waals surface area contributed by atoms with E-state index in [0.717, 1.165) is 12.3 Å². The summed E-state index contributed by atoms with van der Waals surface area (Å²) < 4.78 is 6.02. The Kier molecular flexibility index (Phi) is 5.22. The Morgan fingerprint density at radius 2 is 2.05 bits per heavy atom. The van der Waals surface area contributed by atoms with Crippen LogP contribution in [0.1, 0.15) is 43.7 Å². The lowest BCUT2D eigenvalue weighted by molar-refractivity contribution is -0.0730. The van der Waals surface area contributed by atoms with Gasteiger partial charge in [-0.25, -0.2) is 0 Å². The lowest BCUT2D eigenvalue weighted by Crippen LogP contribution is -2.54. The summed E-state index contributed by atoms with van der Waals surface area (Å²) in [6.45, 7) is 4.51. The van der Waals surface area contributed by atoms with Gasteiger partial charge >= 0.3 is 0 Å². The molecule has 1 unspecified atom stereocenters. The highest BCUT2D eigenvalue weighted by atomic mass is 16.5. The van der Waals surface area contributed by atoms with Gasteiger partial charge in [0.15, 0.2) is 0 Å². The summed E-state index contributed by atoms with van der Waals surface area (Å²) in [5, 5.41) is 3.52. The number of hydrogen-bond donors (Lipinski definition) is 1. The Hall–Kier alpha value is -0.860. The van der Waals surface area contributed by atoms with Crippen molar-refractivity contribution in [3.05, 3.63) is 35.4 Å². The molecular weight excluding hydrogens is 246 g/mol. The number of nitrogens with one attached hydrogen (secondary N) is 1. The van der Waals surface area contributed by atoms with Crippen LogP contribution in [-0.4, -0.2) is 25.8 Å². The van der Waals surface area contributed by atoms with Crippen molar-refractivity contribution in [1.29, 1.82) is 0 Å². The van der Waals surface area contributed by atoms with Crippen LogP contribution in [-0.2, 0) is 11.2 Å². The van der Waals surface area contributed by atoms with Gasteiger partial charge in [-0.3, -0.25) is 0 Å². The van der Waals surface area contributed by atoms with E-state index in [1.54, 1.807) is 0 Å². The number of rotatable bonds is 5. The quantitative estimate of drug-likeness (QED) is 0.884. The molecule has 2 heteroatoms. The third kappa shape index (κ3) is 3.42. The molecular formula is C18H29NO. The van der Waals surface area contributed by atoms with Crippen molar-refractivity contribution in [2.75, 3.05) is 14.2 Å². The topological polar surface area (TPSA) is 21.3 Å². The lowest BCUT2D eigenvalue weighted by Gasteiger charge is -2.44. The molecule has 0 spiro atoms. The molecule has 20 heavy (non-hydrogen) atoms. The summed E-state index contributed by atoms with van der Waals surface area (Å²) in [6, 6.07) is 9.22. The van der Waals surface area contributed by atoms with Gasteiger partial charge in [-0.1, -0.05) is 36.8 Å². The predicted molar refractivity (Wildman–Crippen MR) is 85.1 cm³/mol. The molecule has 2 nitrogen and oxygen atoms in total. The van der Waals surface area contributed by atoms with Crippen LogP contribution in [0.5, 0.6) is 0 Å². The molecule has 1 aliphatic carbocycles. The molecule has 1 aliphatic rings. The summed E-state index contributed by atoms with van der Waals surface area (Å²) >= 11 is 0.